The number of hydrogen-bond donors (Lipinski definition) is 1. The highest BCUT2D eigenvalue weighted by Gasteiger charge is 2.40. The standard InChI is InChI=1S/C33H24Cl2F3N3O3/c1-41(25-9-7-23(34)8-10-25)26-11-12-29(40-18-26)31(42)21-6-5-19(27(15-21)32(43)44)13-22-17-39-30(16-28(22)33(36,37)38)20-3-2-4-24(35)14-20/h2-12,14-16,18,22H,13,17H2,1H3,(H,43,44). The van der Waals surface area contributed by atoms with E-state index in [2.05, 4.69) is 9.98 Å². The third kappa shape index (κ3) is 6.85. The minimum absolute atomic E-state index is 0.0500. The highest BCUT2D eigenvalue weighted by Crippen LogP contribution is 2.37. The van der Waals surface area contributed by atoms with E-state index < -0.39 is 29.4 Å². The number of rotatable bonds is 8. The number of halogens is 5. The Labute approximate surface area is 261 Å². The second kappa shape index (κ2) is 12.6. The molecule has 5 rings (SSSR count). The van der Waals surface area contributed by atoms with Gasteiger partial charge in [-0.1, -0.05) is 47.5 Å². The maximum atomic E-state index is 14.1. The van der Waals surface area contributed by atoms with E-state index in [-0.39, 0.29) is 41.1 Å². The van der Waals surface area contributed by atoms with Crippen LogP contribution in [0, 0.1) is 5.92 Å². The number of pyridine rings is 1. The van der Waals surface area contributed by atoms with Crippen molar-refractivity contribution in [2.75, 3.05) is 18.5 Å². The van der Waals surface area contributed by atoms with Gasteiger partial charge in [0.2, 0.25) is 5.78 Å². The van der Waals surface area contributed by atoms with Crippen molar-refractivity contribution >= 4 is 52.0 Å². The summed E-state index contributed by atoms with van der Waals surface area (Å²) in [6.45, 7) is -0.201. The molecular formula is C33H24Cl2F3N3O3. The van der Waals surface area contributed by atoms with Gasteiger partial charge in [0.15, 0.2) is 0 Å². The fraction of sp³-hybridized carbons (Fsp3) is 0.152. The molecule has 4 aromatic rings. The molecule has 6 nitrogen and oxygen atoms in total. The fourth-order valence-electron chi connectivity index (χ4n) is 4.97. The first-order valence-corrected chi connectivity index (χ1v) is 14.1. The molecule has 3 aromatic carbocycles. The second-order valence-electron chi connectivity index (χ2n) is 10.2. The quantitative estimate of drug-likeness (QED) is 0.197. The Morgan fingerprint density at radius 2 is 1.68 bits per heavy atom. The summed E-state index contributed by atoms with van der Waals surface area (Å²) < 4.78 is 42.4. The van der Waals surface area contributed by atoms with Crippen LogP contribution >= 0.6 is 23.2 Å². The molecule has 1 aromatic heterocycles. The average Bonchev–Trinajstić information content (AvgIpc) is 3.00. The number of alkyl halides is 3. The lowest BCUT2D eigenvalue weighted by Crippen LogP contribution is -2.28. The number of carbonyl (C=O) groups excluding carboxylic acids is 1. The van der Waals surface area contributed by atoms with Gasteiger partial charge in [-0.2, -0.15) is 13.2 Å². The number of carboxylic acid groups (broad SMARTS) is 1. The average molecular weight is 638 g/mol. The summed E-state index contributed by atoms with van der Waals surface area (Å²) in [6.07, 6.45) is -2.40. The lowest BCUT2D eigenvalue weighted by atomic mass is 9.85. The number of benzene rings is 3. The van der Waals surface area contributed by atoms with Gasteiger partial charge >= 0.3 is 12.1 Å². The molecule has 0 bridgehead atoms. The van der Waals surface area contributed by atoms with Crippen LogP contribution in [0.1, 0.15) is 37.5 Å². The molecule has 2 heterocycles. The Kier molecular flexibility index (Phi) is 8.90. The van der Waals surface area contributed by atoms with Gasteiger partial charge in [-0.25, -0.2) is 4.79 Å². The summed E-state index contributed by atoms with van der Waals surface area (Å²) in [5.74, 6) is -3.01. The van der Waals surface area contributed by atoms with Crippen LogP contribution in [0.25, 0.3) is 0 Å². The van der Waals surface area contributed by atoms with Gasteiger partial charge in [0.1, 0.15) is 5.69 Å². The predicted molar refractivity (Wildman–Crippen MR) is 165 cm³/mol. The van der Waals surface area contributed by atoms with Gasteiger partial charge in [0.25, 0.3) is 0 Å². The van der Waals surface area contributed by atoms with Gasteiger partial charge in [-0.15, -0.1) is 0 Å². The number of hydrogen-bond acceptors (Lipinski definition) is 5. The van der Waals surface area contributed by atoms with Gasteiger partial charge in [0, 0.05) is 51.9 Å². The number of nitrogens with zero attached hydrogens (tertiary/aromatic N) is 3. The van der Waals surface area contributed by atoms with Crippen LogP contribution in [0.3, 0.4) is 0 Å². The second-order valence-corrected chi connectivity index (χ2v) is 11.1. The number of allylic oxidation sites excluding steroid dienone is 1. The van der Waals surface area contributed by atoms with Gasteiger partial charge in [0.05, 0.1) is 23.2 Å². The van der Waals surface area contributed by atoms with Crippen molar-refractivity contribution in [1.82, 2.24) is 4.98 Å². The third-order valence-electron chi connectivity index (χ3n) is 7.31. The molecule has 1 aliphatic rings. The summed E-state index contributed by atoms with van der Waals surface area (Å²) in [5.41, 5.74) is 1.36. The molecule has 0 saturated heterocycles. The van der Waals surface area contributed by atoms with Crippen LogP contribution in [0.4, 0.5) is 24.5 Å². The Hall–Kier alpha value is -4.47. The molecule has 0 spiro atoms. The van der Waals surface area contributed by atoms with Crippen LogP contribution in [0.5, 0.6) is 0 Å². The van der Waals surface area contributed by atoms with Crippen LogP contribution < -0.4 is 4.90 Å². The molecule has 224 valence electrons. The lowest BCUT2D eigenvalue weighted by Gasteiger charge is -2.26. The molecule has 0 aliphatic carbocycles. The number of carbonyl (C=O) groups is 2. The molecule has 1 atom stereocenters. The fourth-order valence-corrected chi connectivity index (χ4v) is 5.28. The molecule has 11 heteroatoms. The van der Waals surface area contributed by atoms with Crippen molar-refractivity contribution in [3.05, 3.63) is 135 Å². The van der Waals surface area contributed by atoms with Crippen LogP contribution in [-0.4, -0.2) is 47.3 Å². The molecule has 0 amide bonds. The highest BCUT2D eigenvalue weighted by atomic mass is 35.5. The molecule has 1 N–H and O–H groups in total. The van der Waals surface area contributed by atoms with E-state index in [0.29, 0.717) is 21.3 Å². The summed E-state index contributed by atoms with van der Waals surface area (Å²) in [5, 5.41) is 10.9. The van der Waals surface area contributed by atoms with Crippen molar-refractivity contribution in [1.29, 1.82) is 0 Å². The topological polar surface area (TPSA) is 82.9 Å². The van der Waals surface area contributed by atoms with Crippen molar-refractivity contribution in [2.45, 2.75) is 12.6 Å². The van der Waals surface area contributed by atoms with E-state index in [1.807, 2.05) is 24.1 Å². The zero-order valence-corrected chi connectivity index (χ0v) is 24.7. The van der Waals surface area contributed by atoms with Crippen molar-refractivity contribution in [2.24, 2.45) is 10.9 Å². The first-order valence-electron chi connectivity index (χ1n) is 13.4. The summed E-state index contributed by atoms with van der Waals surface area (Å²) in [4.78, 5) is 35.9. The van der Waals surface area contributed by atoms with E-state index >= 15 is 0 Å². The zero-order valence-electron chi connectivity index (χ0n) is 23.1. The number of ketones is 1. The Morgan fingerprint density at radius 1 is 0.955 bits per heavy atom. The molecular weight excluding hydrogens is 614 g/mol. The lowest BCUT2D eigenvalue weighted by molar-refractivity contribution is -0.0987. The molecule has 1 unspecified atom stereocenters. The minimum Gasteiger partial charge on any atom is -0.478 e. The number of dihydropyridines is 1. The number of aromatic nitrogens is 1. The van der Waals surface area contributed by atoms with Gasteiger partial charge in [-0.05, 0) is 72.7 Å². The van der Waals surface area contributed by atoms with Gasteiger partial charge in [-0.3, -0.25) is 14.8 Å². The Balaban J connectivity index is 1.37. The molecule has 0 radical (unpaired) electrons. The summed E-state index contributed by atoms with van der Waals surface area (Å²) >= 11 is 12.0. The van der Waals surface area contributed by atoms with E-state index in [1.54, 1.807) is 36.4 Å². The normalized spacial score (nSPS) is 14.9. The Bertz CT molecular complexity index is 1790. The maximum absolute atomic E-state index is 14.1. The molecule has 0 fully saturated rings. The summed E-state index contributed by atoms with van der Waals surface area (Å²) in [7, 11) is 1.83. The highest BCUT2D eigenvalue weighted by molar-refractivity contribution is 6.31. The predicted octanol–water partition coefficient (Wildman–Crippen LogP) is 8.24. The molecule has 0 saturated carbocycles. The van der Waals surface area contributed by atoms with Crippen LogP contribution in [-0.2, 0) is 6.42 Å². The smallest absolute Gasteiger partial charge is 0.413 e. The van der Waals surface area contributed by atoms with E-state index in [1.165, 1.54) is 36.5 Å². The molecule has 44 heavy (non-hydrogen) atoms. The minimum atomic E-state index is -4.66. The largest absolute Gasteiger partial charge is 0.478 e. The number of aromatic carboxylic acids is 1. The zero-order chi connectivity index (χ0) is 31.6. The van der Waals surface area contributed by atoms with E-state index in [9.17, 15) is 27.9 Å². The van der Waals surface area contributed by atoms with Crippen LogP contribution in [0.2, 0.25) is 10.0 Å². The van der Waals surface area contributed by atoms with Crippen molar-refractivity contribution < 1.29 is 27.9 Å². The first-order chi connectivity index (χ1) is 20.9. The maximum Gasteiger partial charge on any atom is 0.413 e. The van der Waals surface area contributed by atoms with Crippen molar-refractivity contribution in [3.8, 4) is 0 Å². The number of carboxylic acids is 1. The van der Waals surface area contributed by atoms with Crippen molar-refractivity contribution in [3.63, 3.8) is 0 Å². The number of anilines is 2. The molecule has 1 aliphatic heterocycles. The first kappa shape index (κ1) is 31.0. The summed E-state index contributed by atoms with van der Waals surface area (Å²) in [6, 6.07) is 20.7. The van der Waals surface area contributed by atoms with Crippen LogP contribution in [0.15, 0.2) is 102 Å². The monoisotopic (exact) mass is 637 g/mol. The third-order valence-corrected chi connectivity index (χ3v) is 7.80. The van der Waals surface area contributed by atoms with E-state index in [0.717, 1.165) is 11.8 Å². The van der Waals surface area contributed by atoms with E-state index in [4.69, 9.17) is 23.2 Å². The Morgan fingerprint density at radius 3 is 2.32 bits per heavy atom. The number of aliphatic imine (C=N–C) groups is 1. The SMILES string of the molecule is CN(c1ccc(Cl)cc1)c1ccc(C(=O)c2ccc(CC3CN=C(c4cccc(Cl)c4)C=C3C(F)(F)F)c(C(=O)O)c2)nc1. The van der Waals surface area contributed by atoms with Gasteiger partial charge < -0.3 is 10.0 Å².